The van der Waals surface area contributed by atoms with Gasteiger partial charge in [-0.15, -0.1) is 0 Å². The summed E-state index contributed by atoms with van der Waals surface area (Å²) in [5.74, 6) is 0.587. The zero-order valence-electron chi connectivity index (χ0n) is 14.1. The van der Waals surface area contributed by atoms with Crippen LogP contribution in [-0.2, 0) is 16.6 Å². The molecular formula is C17H19BrFNO4S. The number of hydrogen-bond donors (Lipinski definition) is 0. The van der Waals surface area contributed by atoms with E-state index in [0.717, 1.165) is 17.7 Å². The molecule has 0 saturated heterocycles. The van der Waals surface area contributed by atoms with Crippen molar-refractivity contribution in [2.45, 2.75) is 18.4 Å². The molecule has 2 rings (SSSR count). The minimum Gasteiger partial charge on any atom is -0.493 e. The van der Waals surface area contributed by atoms with Crippen LogP contribution in [0.4, 0.5) is 4.39 Å². The molecule has 0 aliphatic heterocycles. The Labute approximate surface area is 155 Å². The molecule has 5 nitrogen and oxygen atoms in total. The summed E-state index contributed by atoms with van der Waals surface area (Å²) in [5.41, 5.74) is 0.751. The number of methoxy groups -OCH3 is 2. The summed E-state index contributed by atoms with van der Waals surface area (Å²) >= 11 is 3.13. The molecule has 0 bridgehead atoms. The van der Waals surface area contributed by atoms with Crippen LogP contribution in [0.15, 0.2) is 45.8 Å². The summed E-state index contributed by atoms with van der Waals surface area (Å²) in [6.07, 6.45) is 0. The van der Waals surface area contributed by atoms with Crippen molar-refractivity contribution in [1.29, 1.82) is 0 Å². The fraction of sp³-hybridized carbons (Fsp3) is 0.294. The van der Waals surface area contributed by atoms with Gasteiger partial charge in [0.2, 0.25) is 10.0 Å². The van der Waals surface area contributed by atoms with Gasteiger partial charge < -0.3 is 9.47 Å². The maximum Gasteiger partial charge on any atom is 0.244 e. The Hall–Kier alpha value is -1.64. The van der Waals surface area contributed by atoms with Crippen LogP contribution in [0.25, 0.3) is 0 Å². The normalized spacial score (nSPS) is 11.6. The van der Waals surface area contributed by atoms with Crippen molar-refractivity contribution < 1.29 is 22.3 Å². The first-order valence-corrected chi connectivity index (χ1v) is 9.72. The largest absolute Gasteiger partial charge is 0.493 e. The van der Waals surface area contributed by atoms with Crippen molar-refractivity contribution in [1.82, 2.24) is 4.31 Å². The van der Waals surface area contributed by atoms with Crippen LogP contribution >= 0.6 is 15.9 Å². The van der Waals surface area contributed by atoms with Crippen molar-refractivity contribution >= 4 is 26.0 Å². The number of benzene rings is 2. The van der Waals surface area contributed by atoms with Gasteiger partial charge in [0, 0.05) is 17.6 Å². The highest BCUT2D eigenvalue weighted by Gasteiger charge is 2.26. The maximum absolute atomic E-state index is 13.3. The van der Waals surface area contributed by atoms with E-state index in [2.05, 4.69) is 15.9 Å². The fourth-order valence-electron chi connectivity index (χ4n) is 2.37. The summed E-state index contributed by atoms with van der Waals surface area (Å²) in [5, 5.41) is 0. The standard InChI is InChI=1S/C17H19BrFNO4S/c1-4-20(11-12-5-7-15(23-2)16(9-12)24-3)25(21,22)17-8-6-13(19)10-14(17)18/h5-10H,4,11H2,1-3H3. The summed E-state index contributed by atoms with van der Waals surface area (Å²) in [6, 6.07) is 8.75. The van der Waals surface area contributed by atoms with E-state index in [1.54, 1.807) is 25.1 Å². The first-order valence-electron chi connectivity index (χ1n) is 7.49. The summed E-state index contributed by atoms with van der Waals surface area (Å²) in [7, 11) is -0.731. The molecule has 0 amide bonds. The molecule has 2 aromatic rings. The Morgan fingerprint density at radius 1 is 1.08 bits per heavy atom. The lowest BCUT2D eigenvalue weighted by molar-refractivity contribution is 0.353. The van der Waals surface area contributed by atoms with Crippen LogP contribution in [-0.4, -0.2) is 33.5 Å². The van der Waals surface area contributed by atoms with Crippen LogP contribution in [0, 0.1) is 5.82 Å². The number of sulfonamides is 1. The monoisotopic (exact) mass is 431 g/mol. The van der Waals surface area contributed by atoms with Gasteiger partial charge >= 0.3 is 0 Å². The molecule has 0 heterocycles. The van der Waals surface area contributed by atoms with E-state index in [1.165, 1.54) is 24.6 Å². The zero-order chi connectivity index (χ0) is 18.6. The van der Waals surface area contributed by atoms with Crippen LogP contribution in [0.3, 0.4) is 0 Å². The van der Waals surface area contributed by atoms with Crippen LogP contribution in [0.1, 0.15) is 12.5 Å². The van der Waals surface area contributed by atoms with Gasteiger partial charge in [0.25, 0.3) is 0 Å². The molecule has 25 heavy (non-hydrogen) atoms. The van der Waals surface area contributed by atoms with Crippen molar-refractivity contribution in [2.24, 2.45) is 0 Å². The first-order chi connectivity index (χ1) is 11.8. The highest BCUT2D eigenvalue weighted by molar-refractivity contribution is 9.10. The minimum atomic E-state index is -3.78. The van der Waals surface area contributed by atoms with Crippen molar-refractivity contribution in [3.8, 4) is 11.5 Å². The van der Waals surface area contributed by atoms with Gasteiger partial charge in [0.05, 0.1) is 19.1 Å². The molecule has 0 saturated carbocycles. The average Bonchev–Trinajstić information content (AvgIpc) is 2.58. The molecule has 8 heteroatoms. The SMILES string of the molecule is CCN(Cc1ccc(OC)c(OC)c1)S(=O)(=O)c1ccc(F)cc1Br. The van der Waals surface area contributed by atoms with E-state index >= 15 is 0 Å². The van der Waals surface area contributed by atoms with E-state index < -0.39 is 15.8 Å². The third kappa shape index (κ3) is 4.31. The molecule has 0 fully saturated rings. The molecule has 0 N–H and O–H groups in total. The van der Waals surface area contributed by atoms with Crippen molar-refractivity contribution in [3.63, 3.8) is 0 Å². The third-order valence-electron chi connectivity index (χ3n) is 3.67. The molecule has 0 aliphatic rings. The van der Waals surface area contributed by atoms with E-state index in [-0.39, 0.29) is 22.5 Å². The maximum atomic E-state index is 13.3. The summed E-state index contributed by atoms with van der Waals surface area (Å²) < 4.78 is 51.0. The molecule has 0 unspecified atom stereocenters. The Bertz CT molecular complexity index is 858. The van der Waals surface area contributed by atoms with Crippen LogP contribution in [0.2, 0.25) is 0 Å². The average molecular weight is 432 g/mol. The molecule has 136 valence electrons. The van der Waals surface area contributed by atoms with E-state index in [1.807, 2.05) is 0 Å². The van der Waals surface area contributed by atoms with Gasteiger partial charge in [-0.1, -0.05) is 13.0 Å². The van der Waals surface area contributed by atoms with Gasteiger partial charge in [-0.2, -0.15) is 4.31 Å². The predicted octanol–water partition coefficient (Wildman–Crippen LogP) is 3.82. The van der Waals surface area contributed by atoms with Gasteiger partial charge in [-0.25, -0.2) is 12.8 Å². The molecular weight excluding hydrogens is 413 g/mol. The minimum absolute atomic E-state index is 0.0243. The molecule has 0 atom stereocenters. The Morgan fingerprint density at radius 2 is 1.76 bits per heavy atom. The Balaban J connectivity index is 2.36. The number of halogens is 2. The van der Waals surface area contributed by atoms with Crippen molar-refractivity contribution in [2.75, 3.05) is 20.8 Å². The number of nitrogens with zero attached hydrogens (tertiary/aromatic N) is 1. The van der Waals surface area contributed by atoms with E-state index in [4.69, 9.17) is 9.47 Å². The van der Waals surface area contributed by atoms with Gasteiger partial charge in [0.1, 0.15) is 5.82 Å². The van der Waals surface area contributed by atoms with Crippen LogP contribution in [0.5, 0.6) is 11.5 Å². The van der Waals surface area contributed by atoms with E-state index in [0.29, 0.717) is 11.5 Å². The molecule has 0 spiro atoms. The van der Waals surface area contributed by atoms with E-state index in [9.17, 15) is 12.8 Å². The third-order valence-corrected chi connectivity index (χ3v) is 6.57. The summed E-state index contributed by atoms with van der Waals surface area (Å²) in [6.45, 7) is 2.17. The first kappa shape index (κ1) is 19.7. The topological polar surface area (TPSA) is 55.8 Å². The fourth-order valence-corrected chi connectivity index (χ4v) is 4.82. The lowest BCUT2D eigenvalue weighted by Crippen LogP contribution is -2.30. The number of rotatable bonds is 7. The highest BCUT2D eigenvalue weighted by atomic mass is 79.9. The molecule has 0 radical (unpaired) electrons. The Kier molecular flexibility index (Phi) is 6.42. The number of ether oxygens (including phenoxy) is 2. The second kappa shape index (κ2) is 8.16. The predicted molar refractivity (Wildman–Crippen MR) is 96.9 cm³/mol. The second-order valence-corrected chi connectivity index (χ2v) is 7.96. The van der Waals surface area contributed by atoms with Gasteiger partial charge in [-0.3, -0.25) is 0 Å². The zero-order valence-corrected chi connectivity index (χ0v) is 16.5. The van der Waals surface area contributed by atoms with Gasteiger partial charge in [0.15, 0.2) is 11.5 Å². The number of hydrogen-bond acceptors (Lipinski definition) is 4. The van der Waals surface area contributed by atoms with Crippen molar-refractivity contribution in [3.05, 3.63) is 52.3 Å². The lowest BCUT2D eigenvalue weighted by atomic mass is 10.2. The van der Waals surface area contributed by atoms with Crippen LogP contribution < -0.4 is 9.47 Å². The quantitative estimate of drug-likeness (QED) is 0.668. The Morgan fingerprint density at radius 3 is 2.32 bits per heavy atom. The molecule has 2 aromatic carbocycles. The highest BCUT2D eigenvalue weighted by Crippen LogP contribution is 2.30. The van der Waals surface area contributed by atoms with Gasteiger partial charge in [-0.05, 0) is 51.8 Å². The summed E-state index contributed by atoms with van der Waals surface area (Å²) in [4.78, 5) is 0.0243. The molecule has 0 aromatic heterocycles. The lowest BCUT2D eigenvalue weighted by Gasteiger charge is -2.22. The smallest absolute Gasteiger partial charge is 0.244 e. The second-order valence-electron chi connectivity index (χ2n) is 5.20. The molecule has 0 aliphatic carbocycles.